The maximum atomic E-state index is 12.6. The lowest BCUT2D eigenvalue weighted by molar-refractivity contribution is 0.0860. The van der Waals surface area contributed by atoms with E-state index < -0.39 is 12.1 Å². The molecule has 0 aliphatic heterocycles. The van der Waals surface area contributed by atoms with E-state index in [1.54, 1.807) is 0 Å². The first kappa shape index (κ1) is 17.6. The van der Waals surface area contributed by atoms with Crippen LogP contribution in [0.4, 0.5) is 0 Å². The van der Waals surface area contributed by atoms with E-state index in [0.29, 0.717) is 5.69 Å². The normalized spacial score (nSPS) is 16.6. The van der Waals surface area contributed by atoms with Crippen molar-refractivity contribution < 1.29 is 15.0 Å². The molecule has 1 heterocycles. The van der Waals surface area contributed by atoms with Crippen LogP contribution in [0.1, 0.15) is 59.1 Å². The second-order valence-corrected chi connectivity index (χ2v) is 6.61. The Labute approximate surface area is 147 Å². The van der Waals surface area contributed by atoms with Crippen molar-refractivity contribution in [3.05, 3.63) is 52.8 Å². The number of hydrogen-bond acceptors (Lipinski definition) is 4. The van der Waals surface area contributed by atoms with Crippen LogP contribution in [-0.4, -0.2) is 39.0 Å². The van der Waals surface area contributed by atoms with E-state index in [2.05, 4.69) is 15.5 Å². The molecule has 1 aliphatic rings. The molecule has 0 unspecified atom stereocenters. The summed E-state index contributed by atoms with van der Waals surface area (Å²) in [5, 5.41) is 29.9. The highest BCUT2D eigenvalue weighted by Crippen LogP contribution is 2.22. The van der Waals surface area contributed by atoms with Gasteiger partial charge >= 0.3 is 0 Å². The number of aromatic amines is 1. The monoisotopic (exact) mass is 343 g/mol. The van der Waals surface area contributed by atoms with Crippen molar-refractivity contribution in [1.82, 2.24) is 15.5 Å². The van der Waals surface area contributed by atoms with E-state index in [-0.39, 0.29) is 18.9 Å². The molecule has 0 spiro atoms. The number of benzene rings is 1. The third-order valence-corrected chi connectivity index (χ3v) is 4.77. The molecule has 25 heavy (non-hydrogen) atoms. The van der Waals surface area contributed by atoms with Crippen molar-refractivity contribution in [3.8, 4) is 0 Å². The van der Waals surface area contributed by atoms with Crippen LogP contribution in [0.25, 0.3) is 0 Å². The summed E-state index contributed by atoms with van der Waals surface area (Å²) in [5.74, 6) is -0.293. The highest BCUT2D eigenvalue weighted by Gasteiger charge is 2.24. The standard InChI is InChI=1S/C19H25N3O3/c23-12-14(11-17(24)13-7-3-1-4-8-13)20-19(25)18-15-9-5-2-6-10-16(15)21-22-18/h1,3-4,7-8,14,17,23-24H,2,5-6,9-12H2,(H,20,25)(H,21,22)/t14-,17+/m1/s1. The first-order valence-electron chi connectivity index (χ1n) is 8.90. The fraction of sp³-hybridized carbons (Fsp3) is 0.474. The predicted molar refractivity (Wildman–Crippen MR) is 94.2 cm³/mol. The van der Waals surface area contributed by atoms with Crippen LogP contribution in [0.2, 0.25) is 0 Å². The minimum Gasteiger partial charge on any atom is -0.394 e. The number of amides is 1. The molecule has 1 aromatic heterocycles. The van der Waals surface area contributed by atoms with Gasteiger partial charge in [0.1, 0.15) is 0 Å². The average Bonchev–Trinajstić information content (AvgIpc) is 2.90. The minimum atomic E-state index is -0.741. The lowest BCUT2D eigenvalue weighted by atomic mass is 10.0. The number of rotatable bonds is 6. The summed E-state index contributed by atoms with van der Waals surface area (Å²) in [6, 6.07) is 8.71. The summed E-state index contributed by atoms with van der Waals surface area (Å²) < 4.78 is 0. The van der Waals surface area contributed by atoms with Gasteiger partial charge in [-0.2, -0.15) is 5.10 Å². The summed E-state index contributed by atoms with van der Waals surface area (Å²) in [6.07, 6.45) is 4.61. The first-order valence-corrected chi connectivity index (χ1v) is 8.90. The molecular formula is C19H25N3O3. The Morgan fingerprint density at radius 1 is 1.20 bits per heavy atom. The predicted octanol–water partition coefficient (Wildman–Crippen LogP) is 1.89. The van der Waals surface area contributed by atoms with E-state index in [1.165, 1.54) is 0 Å². The fourth-order valence-electron chi connectivity index (χ4n) is 3.36. The SMILES string of the molecule is O=C(N[C@@H](CO)C[C@H](O)c1ccccc1)c1n[nH]c2c1CCCCC2. The minimum absolute atomic E-state index is 0.234. The Hall–Kier alpha value is -2.18. The number of aromatic nitrogens is 2. The zero-order valence-electron chi connectivity index (χ0n) is 14.2. The van der Waals surface area contributed by atoms with Gasteiger partial charge in [-0.15, -0.1) is 0 Å². The highest BCUT2D eigenvalue weighted by atomic mass is 16.3. The summed E-state index contributed by atoms with van der Waals surface area (Å²) in [5.41, 5.74) is 3.23. The molecule has 3 rings (SSSR count). The van der Waals surface area contributed by atoms with E-state index in [4.69, 9.17) is 0 Å². The number of fused-ring (bicyclic) bond motifs is 1. The van der Waals surface area contributed by atoms with Crippen LogP contribution in [0.5, 0.6) is 0 Å². The van der Waals surface area contributed by atoms with Gasteiger partial charge in [0.25, 0.3) is 5.91 Å². The molecule has 134 valence electrons. The van der Waals surface area contributed by atoms with E-state index in [1.807, 2.05) is 30.3 Å². The number of aliphatic hydroxyl groups is 2. The Balaban J connectivity index is 1.65. The van der Waals surface area contributed by atoms with Crippen molar-refractivity contribution in [1.29, 1.82) is 0 Å². The summed E-state index contributed by atoms with van der Waals surface area (Å²) >= 11 is 0. The van der Waals surface area contributed by atoms with E-state index in [0.717, 1.165) is 48.9 Å². The number of carbonyl (C=O) groups is 1. The van der Waals surface area contributed by atoms with Crippen molar-refractivity contribution in [2.75, 3.05) is 6.61 Å². The Kier molecular flexibility index (Phi) is 5.83. The molecular weight excluding hydrogens is 318 g/mol. The van der Waals surface area contributed by atoms with Gasteiger partial charge in [-0.3, -0.25) is 9.89 Å². The number of nitrogens with one attached hydrogen (secondary N) is 2. The maximum Gasteiger partial charge on any atom is 0.272 e. The molecule has 1 aromatic carbocycles. The van der Waals surface area contributed by atoms with Crippen molar-refractivity contribution >= 4 is 5.91 Å². The Morgan fingerprint density at radius 3 is 2.72 bits per heavy atom. The number of hydrogen-bond donors (Lipinski definition) is 4. The zero-order chi connectivity index (χ0) is 17.6. The highest BCUT2D eigenvalue weighted by molar-refractivity contribution is 5.94. The molecule has 0 bridgehead atoms. The smallest absolute Gasteiger partial charge is 0.272 e. The molecule has 6 heteroatoms. The van der Waals surface area contributed by atoms with E-state index >= 15 is 0 Å². The first-order chi connectivity index (χ1) is 12.2. The lowest BCUT2D eigenvalue weighted by Gasteiger charge is -2.20. The fourth-order valence-corrected chi connectivity index (χ4v) is 3.36. The van der Waals surface area contributed by atoms with Crippen LogP contribution in [0, 0.1) is 0 Å². The van der Waals surface area contributed by atoms with Crippen LogP contribution in [0.3, 0.4) is 0 Å². The molecule has 0 radical (unpaired) electrons. The number of aryl methyl sites for hydroxylation is 1. The molecule has 6 nitrogen and oxygen atoms in total. The summed E-state index contributed by atoms with van der Waals surface area (Å²) in [6.45, 7) is -0.234. The molecule has 2 atom stereocenters. The molecule has 4 N–H and O–H groups in total. The van der Waals surface area contributed by atoms with Gasteiger partial charge < -0.3 is 15.5 Å². The Bertz CT molecular complexity index is 699. The van der Waals surface area contributed by atoms with Crippen LogP contribution >= 0.6 is 0 Å². The summed E-state index contributed by atoms with van der Waals surface area (Å²) in [7, 11) is 0. The van der Waals surface area contributed by atoms with Gasteiger partial charge in [0.15, 0.2) is 5.69 Å². The largest absolute Gasteiger partial charge is 0.394 e. The summed E-state index contributed by atoms with van der Waals surface area (Å²) in [4.78, 5) is 12.6. The van der Waals surface area contributed by atoms with Crippen LogP contribution < -0.4 is 5.32 Å². The number of aliphatic hydroxyl groups excluding tert-OH is 2. The lowest BCUT2D eigenvalue weighted by Crippen LogP contribution is -2.39. The van der Waals surface area contributed by atoms with Gasteiger partial charge in [0, 0.05) is 11.3 Å². The van der Waals surface area contributed by atoms with Crippen molar-refractivity contribution in [3.63, 3.8) is 0 Å². The third-order valence-electron chi connectivity index (χ3n) is 4.77. The van der Waals surface area contributed by atoms with Gasteiger partial charge in [0.05, 0.1) is 18.8 Å². The molecule has 2 aromatic rings. The Morgan fingerprint density at radius 2 is 1.96 bits per heavy atom. The van der Waals surface area contributed by atoms with Crippen molar-refractivity contribution in [2.24, 2.45) is 0 Å². The van der Waals surface area contributed by atoms with Gasteiger partial charge in [0.2, 0.25) is 0 Å². The zero-order valence-corrected chi connectivity index (χ0v) is 14.2. The van der Waals surface area contributed by atoms with E-state index in [9.17, 15) is 15.0 Å². The second kappa shape index (κ2) is 8.27. The molecule has 0 fully saturated rings. The second-order valence-electron chi connectivity index (χ2n) is 6.61. The number of nitrogens with zero attached hydrogens (tertiary/aromatic N) is 1. The quantitative estimate of drug-likeness (QED) is 0.602. The molecule has 1 aliphatic carbocycles. The number of H-pyrrole nitrogens is 1. The molecule has 0 saturated carbocycles. The van der Waals surface area contributed by atoms with Crippen LogP contribution in [-0.2, 0) is 12.8 Å². The molecule has 0 saturated heterocycles. The third kappa shape index (κ3) is 4.27. The van der Waals surface area contributed by atoms with Gasteiger partial charge in [-0.1, -0.05) is 36.8 Å². The molecule has 1 amide bonds. The van der Waals surface area contributed by atoms with Crippen molar-refractivity contribution in [2.45, 2.75) is 50.7 Å². The van der Waals surface area contributed by atoms with Gasteiger partial charge in [-0.25, -0.2) is 0 Å². The average molecular weight is 343 g/mol. The maximum absolute atomic E-state index is 12.6. The topological polar surface area (TPSA) is 98.2 Å². The van der Waals surface area contributed by atoms with Gasteiger partial charge in [-0.05, 0) is 37.7 Å². The van der Waals surface area contributed by atoms with Crippen LogP contribution in [0.15, 0.2) is 30.3 Å². The number of carbonyl (C=O) groups excluding carboxylic acids is 1.